The fourth-order valence-corrected chi connectivity index (χ4v) is 2.94. The smallest absolute Gasteiger partial charge is 0.410 e. The van der Waals surface area contributed by atoms with Gasteiger partial charge in [-0.05, 0) is 51.0 Å². The highest BCUT2D eigenvalue weighted by atomic mass is 35.5. The normalized spacial score (nSPS) is 11.3. The molecule has 0 fully saturated rings. The van der Waals surface area contributed by atoms with E-state index in [0.29, 0.717) is 16.1 Å². The quantitative estimate of drug-likeness (QED) is 0.599. The van der Waals surface area contributed by atoms with Gasteiger partial charge in [0.1, 0.15) is 12.3 Å². The first-order chi connectivity index (χ1) is 14.1. The van der Waals surface area contributed by atoms with Gasteiger partial charge >= 0.3 is 12.1 Å². The Morgan fingerprint density at radius 1 is 1.23 bits per heavy atom. The Morgan fingerprint density at radius 3 is 2.53 bits per heavy atom. The van der Waals surface area contributed by atoms with E-state index in [1.165, 1.54) is 16.7 Å². The molecule has 8 nitrogen and oxygen atoms in total. The minimum atomic E-state index is -0.605. The van der Waals surface area contributed by atoms with Crippen molar-refractivity contribution in [3.05, 3.63) is 40.7 Å². The summed E-state index contributed by atoms with van der Waals surface area (Å²) in [5, 5.41) is 4.79. The van der Waals surface area contributed by atoms with Crippen molar-refractivity contribution in [1.29, 1.82) is 0 Å². The molecule has 0 N–H and O–H groups in total. The van der Waals surface area contributed by atoms with E-state index < -0.39 is 17.7 Å². The zero-order chi connectivity index (χ0) is 22.5. The van der Waals surface area contributed by atoms with Crippen LogP contribution in [0.2, 0.25) is 5.02 Å². The summed E-state index contributed by atoms with van der Waals surface area (Å²) in [6.45, 7) is 7.79. The van der Waals surface area contributed by atoms with Crippen molar-refractivity contribution in [1.82, 2.24) is 14.7 Å². The molecular formula is C21H28ClN3O5. The van der Waals surface area contributed by atoms with Crippen molar-refractivity contribution in [2.24, 2.45) is 0 Å². The maximum absolute atomic E-state index is 12.5. The van der Waals surface area contributed by atoms with Crippen LogP contribution >= 0.6 is 11.6 Å². The van der Waals surface area contributed by atoms with Gasteiger partial charge in [-0.15, -0.1) is 0 Å². The predicted molar refractivity (Wildman–Crippen MR) is 113 cm³/mol. The second-order valence-electron chi connectivity index (χ2n) is 7.71. The molecule has 0 atom stereocenters. The predicted octanol–water partition coefficient (Wildman–Crippen LogP) is 4.35. The van der Waals surface area contributed by atoms with Crippen molar-refractivity contribution < 1.29 is 23.8 Å². The molecule has 0 spiro atoms. The third-order valence-corrected chi connectivity index (χ3v) is 4.20. The van der Waals surface area contributed by atoms with Gasteiger partial charge in [-0.3, -0.25) is 0 Å². The summed E-state index contributed by atoms with van der Waals surface area (Å²) in [7, 11) is 3.18. The van der Waals surface area contributed by atoms with Gasteiger partial charge in [-0.25, -0.2) is 14.3 Å². The number of hydrogen-bond acceptors (Lipinski definition) is 6. The second kappa shape index (κ2) is 9.95. The van der Waals surface area contributed by atoms with Crippen LogP contribution in [0, 0.1) is 0 Å². The number of halogens is 1. The van der Waals surface area contributed by atoms with Crippen LogP contribution in [0.4, 0.5) is 4.79 Å². The number of carbonyl (C=O) groups is 2. The molecule has 0 aliphatic carbocycles. The summed E-state index contributed by atoms with van der Waals surface area (Å²) in [6.07, 6.45) is 1.24. The fraction of sp³-hybridized carbons (Fsp3) is 0.476. The maximum Gasteiger partial charge on any atom is 0.410 e. The number of aromatic nitrogens is 2. The summed E-state index contributed by atoms with van der Waals surface area (Å²) >= 11 is 6.24. The maximum atomic E-state index is 12.5. The molecule has 0 unspecified atom stereocenters. The monoisotopic (exact) mass is 437 g/mol. The fourth-order valence-electron chi connectivity index (χ4n) is 2.76. The van der Waals surface area contributed by atoms with Crippen LogP contribution in [-0.4, -0.2) is 53.1 Å². The molecule has 9 heteroatoms. The van der Waals surface area contributed by atoms with Crippen molar-refractivity contribution in [2.45, 2.75) is 46.6 Å². The number of methoxy groups -OCH3 is 1. The Morgan fingerprint density at radius 2 is 1.93 bits per heavy atom. The number of benzene rings is 1. The zero-order valence-electron chi connectivity index (χ0n) is 18.2. The highest BCUT2D eigenvalue weighted by molar-refractivity contribution is 6.31. The third-order valence-electron chi connectivity index (χ3n) is 3.97. The standard InChI is InChI=1S/C21H28ClN3O5/c1-7-29-19(26)18-17(12-25(23-18)13-28-6)16-10-15(22)9-8-14(16)11-24(5)20(27)30-21(2,3)4/h8-10,12H,7,11,13H2,1-6H3. The van der Waals surface area contributed by atoms with E-state index in [1.807, 2.05) is 20.8 Å². The minimum absolute atomic E-state index is 0.150. The van der Waals surface area contributed by atoms with E-state index in [-0.39, 0.29) is 25.6 Å². The van der Waals surface area contributed by atoms with Gasteiger partial charge in [0.05, 0.1) is 6.61 Å². The Kier molecular flexibility index (Phi) is 7.86. The molecule has 0 saturated heterocycles. The average molecular weight is 438 g/mol. The van der Waals surface area contributed by atoms with Gasteiger partial charge in [0.25, 0.3) is 0 Å². The zero-order valence-corrected chi connectivity index (χ0v) is 18.9. The van der Waals surface area contributed by atoms with Crippen LogP contribution in [0.1, 0.15) is 43.7 Å². The molecule has 1 aromatic heterocycles. The number of rotatable bonds is 7. The van der Waals surface area contributed by atoms with Gasteiger partial charge in [-0.1, -0.05) is 17.7 Å². The Hall–Kier alpha value is -2.58. The van der Waals surface area contributed by atoms with Gasteiger partial charge < -0.3 is 19.1 Å². The number of nitrogens with zero attached hydrogens (tertiary/aromatic N) is 3. The molecular weight excluding hydrogens is 410 g/mol. The molecule has 1 amide bonds. The van der Waals surface area contributed by atoms with Crippen molar-refractivity contribution in [3.8, 4) is 11.1 Å². The number of esters is 1. The van der Waals surface area contributed by atoms with Gasteiger partial charge in [0.2, 0.25) is 0 Å². The lowest BCUT2D eigenvalue weighted by Gasteiger charge is -2.25. The summed E-state index contributed by atoms with van der Waals surface area (Å²) < 4.78 is 17.2. The first-order valence-corrected chi connectivity index (χ1v) is 9.90. The van der Waals surface area contributed by atoms with Crippen LogP contribution in [-0.2, 0) is 27.5 Å². The number of hydrogen-bond donors (Lipinski definition) is 0. The molecule has 0 radical (unpaired) electrons. The minimum Gasteiger partial charge on any atom is -0.461 e. The molecule has 0 saturated carbocycles. The van der Waals surface area contributed by atoms with Crippen molar-refractivity contribution in [3.63, 3.8) is 0 Å². The van der Waals surface area contributed by atoms with E-state index in [1.54, 1.807) is 38.4 Å². The number of amides is 1. The molecule has 1 aromatic carbocycles. The molecule has 2 aromatic rings. The molecule has 0 bridgehead atoms. The molecule has 30 heavy (non-hydrogen) atoms. The third kappa shape index (κ3) is 6.21. The first-order valence-electron chi connectivity index (χ1n) is 9.52. The summed E-state index contributed by atoms with van der Waals surface area (Å²) in [5.41, 5.74) is 1.53. The highest BCUT2D eigenvalue weighted by Gasteiger charge is 2.24. The number of carbonyl (C=O) groups excluding carboxylic acids is 2. The molecule has 164 valence electrons. The molecule has 0 aliphatic heterocycles. The van der Waals surface area contributed by atoms with Crippen LogP contribution in [0.3, 0.4) is 0 Å². The van der Waals surface area contributed by atoms with Crippen LogP contribution < -0.4 is 0 Å². The summed E-state index contributed by atoms with van der Waals surface area (Å²) in [6, 6.07) is 5.27. The molecule has 2 rings (SSSR count). The van der Waals surface area contributed by atoms with Crippen LogP contribution in [0.5, 0.6) is 0 Å². The first kappa shape index (κ1) is 23.7. The van der Waals surface area contributed by atoms with Gasteiger partial charge in [0, 0.05) is 37.5 Å². The van der Waals surface area contributed by atoms with E-state index in [2.05, 4.69) is 5.10 Å². The Bertz CT molecular complexity index is 905. The topological polar surface area (TPSA) is 82.9 Å². The largest absolute Gasteiger partial charge is 0.461 e. The molecule has 0 aliphatic rings. The van der Waals surface area contributed by atoms with Crippen LogP contribution in [0.15, 0.2) is 24.4 Å². The van der Waals surface area contributed by atoms with E-state index in [4.69, 9.17) is 25.8 Å². The Balaban J connectivity index is 2.46. The van der Waals surface area contributed by atoms with Crippen LogP contribution in [0.25, 0.3) is 11.1 Å². The van der Waals surface area contributed by atoms with Gasteiger partial charge in [0.15, 0.2) is 5.69 Å². The lowest BCUT2D eigenvalue weighted by atomic mass is 9.99. The van der Waals surface area contributed by atoms with E-state index >= 15 is 0 Å². The van der Waals surface area contributed by atoms with Crippen molar-refractivity contribution in [2.75, 3.05) is 20.8 Å². The summed E-state index contributed by atoms with van der Waals surface area (Å²) in [5.74, 6) is -0.547. The lowest BCUT2D eigenvalue weighted by Crippen LogP contribution is -2.33. The lowest BCUT2D eigenvalue weighted by molar-refractivity contribution is 0.0285. The average Bonchev–Trinajstić information content (AvgIpc) is 3.06. The van der Waals surface area contributed by atoms with Crippen molar-refractivity contribution >= 4 is 23.7 Å². The highest BCUT2D eigenvalue weighted by Crippen LogP contribution is 2.31. The SMILES string of the molecule is CCOC(=O)c1nn(COC)cc1-c1cc(Cl)ccc1CN(C)C(=O)OC(C)(C)C. The van der Waals surface area contributed by atoms with Gasteiger partial charge in [-0.2, -0.15) is 5.10 Å². The number of ether oxygens (including phenoxy) is 3. The second-order valence-corrected chi connectivity index (χ2v) is 8.14. The Labute approximate surface area is 181 Å². The summed E-state index contributed by atoms with van der Waals surface area (Å²) in [4.78, 5) is 26.3. The van der Waals surface area contributed by atoms with E-state index in [9.17, 15) is 9.59 Å². The van der Waals surface area contributed by atoms with E-state index in [0.717, 1.165) is 5.56 Å². The molecule has 1 heterocycles.